The molecule has 0 amide bonds. The van der Waals surface area contributed by atoms with Crippen LogP contribution in [0.3, 0.4) is 0 Å². The summed E-state index contributed by atoms with van der Waals surface area (Å²) in [5.74, 6) is 15.6. The maximum Gasteiger partial charge on any atom is 0.416 e. The molecule has 0 fully saturated rings. The van der Waals surface area contributed by atoms with E-state index in [4.69, 9.17) is 18.9 Å². The van der Waals surface area contributed by atoms with Gasteiger partial charge in [-0.1, -0.05) is 87.8 Å². The SMILES string of the molecule is CCCOc1c2cccc1Cc1cc(C#Cc3ccc(C(F)(F)F)cc3)cc(c1OCCC)Cc1cccc(c1OCCC)Cc1cc(C#Cc3ccc(C(F)(F)F)cc3)cc(c1OCCC)C2. The second-order valence-electron chi connectivity index (χ2n) is 16.8. The number of hydrogen-bond acceptors (Lipinski definition) is 4. The molecule has 4 nitrogen and oxygen atoms in total. The predicted octanol–water partition coefficient (Wildman–Crippen LogP) is 14.4. The fourth-order valence-electron chi connectivity index (χ4n) is 8.16. The molecule has 7 rings (SSSR count). The summed E-state index contributed by atoms with van der Waals surface area (Å²) in [5, 5.41) is 0. The summed E-state index contributed by atoms with van der Waals surface area (Å²) in [7, 11) is 0. The Bertz CT molecular complexity index is 2530. The largest absolute Gasteiger partial charge is 0.493 e. The Morgan fingerprint density at radius 2 is 0.603 bits per heavy atom. The number of benzene rings is 6. The van der Waals surface area contributed by atoms with Gasteiger partial charge in [0.25, 0.3) is 0 Å². The zero-order valence-electron chi connectivity index (χ0n) is 38.8. The molecule has 6 aromatic rings. The summed E-state index contributed by atoms with van der Waals surface area (Å²) in [6, 6.07) is 29.9. The molecule has 0 saturated heterocycles. The molecule has 10 heteroatoms. The average Bonchev–Trinajstić information content (AvgIpc) is 3.31. The molecule has 1 aliphatic carbocycles. The lowest BCUT2D eigenvalue weighted by atomic mass is 9.89. The smallest absolute Gasteiger partial charge is 0.416 e. The Balaban J connectivity index is 1.45. The van der Waals surface area contributed by atoms with E-state index in [0.29, 0.717) is 74.4 Å². The molecule has 0 spiro atoms. The average molecular weight is 929 g/mol. The van der Waals surface area contributed by atoms with Crippen LogP contribution in [0.2, 0.25) is 0 Å². The molecule has 68 heavy (non-hydrogen) atoms. The number of para-hydroxylation sites is 2. The van der Waals surface area contributed by atoms with Crippen molar-refractivity contribution >= 4 is 0 Å². The summed E-state index contributed by atoms with van der Waals surface area (Å²) >= 11 is 0. The van der Waals surface area contributed by atoms with Crippen molar-refractivity contribution in [2.24, 2.45) is 0 Å². The molecule has 0 radical (unpaired) electrons. The topological polar surface area (TPSA) is 36.9 Å². The van der Waals surface area contributed by atoms with Crippen molar-refractivity contribution in [1.29, 1.82) is 0 Å². The number of halogens is 6. The number of fused-ring (bicyclic) bond motifs is 8. The Labute approximate surface area is 395 Å². The molecule has 0 heterocycles. The van der Waals surface area contributed by atoms with Crippen LogP contribution in [0.1, 0.15) is 131 Å². The van der Waals surface area contributed by atoms with Crippen LogP contribution in [0.5, 0.6) is 23.0 Å². The Morgan fingerprint density at radius 3 is 0.853 bits per heavy atom. The van der Waals surface area contributed by atoms with Crippen LogP contribution < -0.4 is 18.9 Å². The molecule has 352 valence electrons. The van der Waals surface area contributed by atoms with Gasteiger partial charge in [0.2, 0.25) is 0 Å². The number of alkyl halides is 6. The lowest BCUT2D eigenvalue weighted by Crippen LogP contribution is -2.10. The standard InChI is InChI=1S/C58H54F6O4/c1-5-27-65-53-43-11-9-12-44(53)36-48-32-42(18-16-40-21-25-52(26-22-40)58(62,63)64)34-50(56(48)68-30-8-4)38-46-14-10-13-45(54(46)66-28-6-2)37-49-33-41(31-47(35-43)55(49)67-29-7-3)17-15-39-19-23-51(24-20-39)57(59,60)61/h9-14,19-26,31-34H,5-8,27-30,35-38H2,1-4H3. The summed E-state index contributed by atoms with van der Waals surface area (Å²) in [6.07, 6.45) is -4.18. The van der Waals surface area contributed by atoms with Gasteiger partial charge >= 0.3 is 12.4 Å². The van der Waals surface area contributed by atoms with Crippen molar-refractivity contribution in [3.63, 3.8) is 0 Å². The van der Waals surface area contributed by atoms with Gasteiger partial charge in [0.05, 0.1) is 37.6 Å². The molecular weight excluding hydrogens is 875 g/mol. The van der Waals surface area contributed by atoms with Crippen molar-refractivity contribution in [3.8, 4) is 46.7 Å². The van der Waals surface area contributed by atoms with Gasteiger partial charge in [0, 0.05) is 70.2 Å². The van der Waals surface area contributed by atoms with Crippen molar-refractivity contribution < 1.29 is 45.3 Å². The van der Waals surface area contributed by atoms with Gasteiger partial charge in [-0.05, 0) is 121 Å². The first-order chi connectivity index (χ1) is 32.8. The van der Waals surface area contributed by atoms with Gasteiger partial charge < -0.3 is 18.9 Å². The first kappa shape index (κ1) is 49.1. The van der Waals surface area contributed by atoms with E-state index in [1.807, 2.05) is 60.7 Å². The predicted molar refractivity (Wildman–Crippen MR) is 255 cm³/mol. The number of ether oxygens (including phenoxy) is 4. The molecule has 6 aromatic carbocycles. The molecule has 0 unspecified atom stereocenters. The minimum absolute atomic E-state index is 0.414. The molecule has 0 aliphatic heterocycles. The van der Waals surface area contributed by atoms with Crippen molar-refractivity contribution in [2.45, 2.75) is 91.4 Å². The Morgan fingerprint density at radius 1 is 0.353 bits per heavy atom. The van der Waals surface area contributed by atoms with Crippen molar-refractivity contribution in [2.75, 3.05) is 26.4 Å². The summed E-state index contributed by atoms with van der Waals surface area (Å²) in [5.41, 5.74) is 7.98. The quantitative estimate of drug-likeness (QED) is 0.0904. The summed E-state index contributed by atoms with van der Waals surface area (Å²) in [6.45, 7) is 10.1. The highest BCUT2D eigenvalue weighted by Crippen LogP contribution is 2.40. The highest BCUT2D eigenvalue weighted by Gasteiger charge is 2.31. The molecule has 1 aliphatic rings. The van der Waals surface area contributed by atoms with E-state index in [1.54, 1.807) is 0 Å². The van der Waals surface area contributed by atoms with Gasteiger partial charge in [0.1, 0.15) is 23.0 Å². The van der Waals surface area contributed by atoms with E-state index in [0.717, 1.165) is 117 Å². The van der Waals surface area contributed by atoms with E-state index < -0.39 is 23.5 Å². The third-order valence-electron chi connectivity index (χ3n) is 11.3. The maximum atomic E-state index is 13.4. The highest BCUT2D eigenvalue weighted by atomic mass is 19.4. The van der Waals surface area contributed by atoms with Gasteiger partial charge in [-0.3, -0.25) is 0 Å². The number of rotatable bonds is 12. The van der Waals surface area contributed by atoms with E-state index in [2.05, 4.69) is 51.4 Å². The van der Waals surface area contributed by atoms with Gasteiger partial charge in [0.15, 0.2) is 0 Å². The van der Waals surface area contributed by atoms with E-state index >= 15 is 0 Å². The van der Waals surface area contributed by atoms with Gasteiger partial charge in [-0.15, -0.1) is 0 Å². The molecular formula is C58H54F6O4. The molecule has 8 bridgehead atoms. The zero-order valence-corrected chi connectivity index (χ0v) is 38.8. The van der Waals surface area contributed by atoms with Crippen LogP contribution in [0.4, 0.5) is 26.3 Å². The zero-order chi connectivity index (χ0) is 48.3. The van der Waals surface area contributed by atoms with Gasteiger partial charge in [-0.25, -0.2) is 0 Å². The van der Waals surface area contributed by atoms with E-state index in [1.165, 1.54) is 24.3 Å². The summed E-state index contributed by atoms with van der Waals surface area (Å²) in [4.78, 5) is 0. The molecule has 0 atom stereocenters. The third-order valence-corrected chi connectivity index (χ3v) is 11.3. The van der Waals surface area contributed by atoms with Crippen LogP contribution in [0, 0.1) is 23.7 Å². The third kappa shape index (κ3) is 12.4. The first-order valence-corrected chi connectivity index (χ1v) is 23.2. The minimum Gasteiger partial charge on any atom is -0.493 e. The lowest BCUT2D eigenvalue weighted by Gasteiger charge is -2.23. The Hall–Kier alpha value is -6.78. The van der Waals surface area contributed by atoms with Crippen LogP contribution in [-0.4, -0.2) is 26.4 Å². The van der Waals surface area contributed by atoms with E-state index in [-0.39, 0.29) is 0 Å². The van der Waals surface area contributed by atoms with Crippen LogP contribution in [0.25, 0.3) is 0 Å². The fraction of sp³-hybridized carbons (Fsp3) is 0.310. The highest BCUT2D eigenvalue weighted by molar-refractivity contribution is 5.60. The van der Waals surface area contributed by atoms with Crippen molar-refractivity contribution in [3.05, 3.63) is 187 Å². The normalized spacial score (nSPS) is 12.3. The van der Waals surface area contributed by atoms with Crippen LogP contribution in [0.15, 0.2) is 109 Å². The minimum atomic E-state index is -4.45. The molecule has 0 aromatic heterocycles. The van der Waals surface area contributed by atoms with Gasteiger partial charge in [-0.2, -0.15) is 26.3 Å². The van der Waals surface area contributed by atoms with Crippen LogP contribution >= 0.6 is 0 Å². The summed E-state index contributed by atoms with van der Waals surface area (Å²) < 4.78 is 107. The second kappa shape index (κ2) is 22.3. The second-order valence-corrected chi connectivity index (χ2v) is 16.8. The monoisotopic (exact) mass is 928 g/mol. The lowest BCUT2D eigenvalue weighted by molar-refractivity contribution is -0.138. The fourth-order valence-corrected chi connectivity index (χ4v) is 8.16. The van der Waals surface area contributed by atoms with E-state index in [9.17, 15) is 26.3 Å². The maximum absolute atomic E-state index is 13.4. The van der Waals surface area contributed by atoms with Crippen molar-refractivity contribution in [1.82, 2.24) is 0 Å². The first-order valence-electron chi connectivity index (χ1n) is 23.2. The Kier molecular flexibility index (Phi) is 16.1. The number of hydrogen-bond donors (Lipinski definition) is 0. The molecule has 0 N–H and O–H groups in total. The molecule has 0 saturated carbocycles. The van der Waals surface area contributed by atoms with Crippen LogP contribution in [-0.2, 0) is 38.0 Å².